The highest BCUT2D eigenvalue weighted by Gasteiger charge is 2.08. The first-order valence-electron chi connectivity index (χ1n) is 3.47. The number of hydrogen-bond acceptors (Lipinski definition) is 5. The van der Waals surface area contributed by atoms with E-state index in [-0.39, 0.29) is 5.69 Å². The number of thioether (sulfide) groups is 1. The maximum atomic E-state index is 10.5. The Balaban J connectivity index is 3.14. The van der Waals surface area contributed by atoms with Crippen LogP contribution in [0.25, 0.3) is 0 Å². The fraction of sp³-hybridized carbons (Fsp3) is 0.143. The second-order valence-electron chi connectivity index (χ2n) is 2.32. The molecule has 3 N–H and O–H groups in total. The van der Waals surface area contributed by atoms with Gasteiger partial charge in [0.15, 0.2) is 0 Å². The molecule has 6 heteroatoms. The van der Waals surface area contributed by atoms with E-state index in [9.17, 15) is 10.1 Å². The molecule has 0 saturated carbocycles. The number of nitrogens with zero attached hydrogens (tertiary/aromatic N) is 1. The third-order valence-electron chi connectivity index (χ3n) is 1.50. The molecule has 0 unspecified atom stereocenters. The van der Waals surface area contributed by atoms with Crippen LogP contribution in [-0.4, -0.2) is 11.2 Å². The number of non-ortho nitro benzene ring substituents is 1. The standard InChI is InChI=1S/C7H9N3O2S/c1-13-7-3-5(9-8)2-6(4-7)10(11)12/h2-4,9H,8H2,1H3. The molecule has 1 rings (SSSR count). The van der Waals surface area contributed by atoms with Gasteiger partial charge in [-0.25, -0.2) is 0 Å². The lowest BCUT2D eigenvalue weighted by molar-refractivity contribution is -0.385. The van der Waals surface area contributed by atoms with E-state index in [1.54, 1.807) is 6.07 Å². The first-order chi connectivity index (χ1) is 6.17. The Labute approximate surface area is 79.4 Å². The maximum absolute atomic E-state index is 10.5. The number of nitro benzene ring substituents is 1. The molecule has 0 bridgehead atoms. The minimum absolute atomic E-state index is 0.0415. The first kappa shape index (κ1) is 9.82. The van der Waals surface area contributed by atoms with E-state index in [0.29, 0.717) is 5.69 Å². The SMILES string of the molecule is CSc1cc(NN)cc([N+](=O)[O-])c1. The van der Waals surface area contributed by atoms with E-state index in [0.717, 1.165) is 4.90 Å². The number of benzene rings is 1. The highest BCUT2D eigenvalue weighted by Crippen LogP contribution is 2.25. The Bertz CT molecular complexity index is 307. The van der Waals surface area contributed by atoms with Gasteiger partial charge in [0.2, 0.25) is 0 Å². The lowest BCUT2D eigenvalue weighted by atomic mass is 10.3. The molecule has 1 aromatic carbocycles. The van der Waals surface area contributed by atoms with Gasteiger partial charge in [-0.05, 0) is 12.3 Å². The molecule has 0 spiro atoms. The molecule has 0 radical (unpaired) electrons. The zero-order valence-corrected chi connectivity index (χ0v) is 7.80. The van der Waals surface area contributed by atoms with Crippen LogP contribution in [-0.2, 0) is 0 Å². The third kappa shape index (κ3) is 2.33. The summed E-state index contributed by atoms with van der Waals surface area (Å²) in [5, 5.41) is 10.5. The smallest absolute Gasteiger partial charge is 0.272 e. The van der Waals surface area contributed by atoms with Gasteiger partial charge in [0, 0.05) is 17.0 Å². The van der Waals surface area contributed by atoms with Gasteiger partial charge in [0.05, 0.1) is 10.6 Å². The van der Waals surface area contributed by atoms with E-state index in [1.165, 1.54) is 23.9 Å². The Kier molecular flexibility index (Phi) is 3.10. The Morgan fingerprint density at radius 3 is 2.69 bits per heavy atom. The summed E-state index contributed by atoms with van der Waals surface area (Å²) < 4.78 is 0. The molecule has 13 heavy (non-hydrogen) atoms. The van der Waals surface area contributed by atoms with Gasteiger partial charge in [-0.15, -0.1) is 11.8 Å². The lowest BCUT2D eigenvalue weighted by Gasteiger charge is -2.02. The summed E-state index contributed by atoms with van der Waals surface area (Å²) in [5.74, 6) is 5.16. The number of nitrogen functional groups attached to an aromatic ring is 1. The van der Waals surface area contributed by atoms with Gasteiger partial charge in [-0.3, -0.25) is 16.0 Å². The molecule has 0 aliphatic carbocycles. The van der Waals surface area contributed by atoms with Crippen molar-refractivity contribution in [3.63, 3.8) is 0 Å². The number of anilines is 1. The second kappa shape index (κ2) is 4.11. The van der Waals surface area contributed by atoms with E-state index in [2.05, 4.69) is 5.43 Å². The predicted octanol–water partition coefficient (Wildman–Crippen LogP) is 1.60. The van der Waals surface area contributed by atoms with Gasteiger partial charge in [-0.2, -0.15) is 0 Å². The van der Waals surface area contributed by atoms with Crippen LogP contribution in [0.4, 0.5) is 11.4 Å². The summed E-state index contributed by atoms with van der Waals surface area (Å²) in [7, 11) is 0. The summed E-state index contributed by atoms with van der Waals surface area (Å²) in [6, 6.07) is 4.64. The number of rotatable bonds is 3. The van der Waals surface area contributed by atoms with Crippen molar-refractivity contribution in [3.05, 3.63) is 28.3 Å². The van der Waals surface area contributed by atoms with Crippen molar-refractivity contribution >= 4 is 23.1 Å². The van der Waals surface area contributed by atoms with Crippen molar-refractivity contribution in [2.75, 3.05) is 11.7 Å². The maximum Gasteiger partial charge on any atom is 0.272 e. The van der Waals surface area contributed by atoms with Crippen molar-refractivity contribution in [1.29, 1.82) is 0 Å². The quantitative estimate of drug-likeness (QED) is 0.334. The largest absolute Gasteiger partial charge is 0.324 e. The molecular weight excluding hydrogens is 190 g/mol. The molecule has 1 aromatic rings. The average Bonchev–Trinajstić information content (AvgIpc) is 2.16. The van der Waals surface area contributed by atoms with E-state index in [1.807, 2.05) is 6.26 Å². The molecule has 0 heterocycles. The van der Waals surface area contributed by atoms with Gasteiger partial charge < -0.3 is 5.43 Å². The molecule has 0 atom stereocenters. The van der Waals surface area contributed by atoms with E-state index >= 15 is 0 Å². The van der Waals surface area contributed by atoms with Crippen molar-refractivity contribution in [1.82, 2.24) is 0 Å². The van der Waals surface area contributed by atoms with Crippen LogP contribution in [0.3, 0.4) is 0 Å². The summed E-state index contributed by atoms with van der Waals surface area (Å²) in [6.45, 7) is 0. The Hall–Kier alpha value is -1.27. The van der Waals surface area contributed by atoms with Crippen molar-refractivity contribution < 1.29 is 4.92 Å². The lowest BCUT2D eigenvalue weighted by Crippen LogP contribution is -2.07. The van der Waals surface area contributed by atoms with Crippen LogP contribution in [0.5, 0.6) is 0 Å². The zero-order chi connectivity index (χ0) is 9.84. The molecule has 0 aliphatic heterocycles. The second-order valence-corrected chi connectivity index (χ2v) is 3.20. The minimum Gasteiger partial charge on any atom is -0.324 e. The average molecular weight is 199 g/mol. The topological polar surface area (TPSA) is 81.2 Å². The van der Waals surface area contributed by atoms with Crippen LogP contribution in [0.1, 0.15) is 0 Å². The highest BCUT2D eigenvalue weighted by molar-refractivity contribution is 7.98. The molecule has 0 fully saturated rings. The Morgan fingerprint density at radius 2 is 2.23 bits per heavy atom. The van der Waals surface area contributed by atoms with Crippen LogP contribution in [0, 0.1) is 10.1 Å². The highest BCUT2D eigenvalue weighted by atomic mass is 32.2. The van der Waals surface area contributed by atoms with Crippen molar-refractivity contribution in [2.24, 2.45) is 5.84 Å². The molecular formula is C7H9N3O2S. The molecule has 0 saturated heterocycles. The predicted molar refractivity (Wildman–Crippen MR) is 52.7 cm³/mol. The molecule has 70 valence electrons. The van der Waals surface area contributed by atoms with Gasteiger partial charge in [-0.1, -0.05) is 0 Å². The molecule has 0 amide bonds. The van der Waals surface area contributed by atoms with Gasteiger partial charge in [0.25, 0.3) is 5.69 Å². The van der Waals surface area contributed by atoms with Crippen molar-refractivity contribution in [2.45, 2.75) is 4.90 Å². The third-order valence-corrected chi connectivity index (χ3v) is 2.21. The van der Waals surface area contributed by atoms with Crippen LogP contribution in [0.15, 0.2) is 23.1 Å². The number of hydrogen-bond donors (Lipinski definition) is 2. The summed E-state index contributed by atoms with van der Waals surface area (Å²) in [4.78, 5) is 10.8. The molecule has 0 aliphatic rings. The van der Waals surface area contributed by atoms with Gasteiger partial charge in [0.1, 0.15) is 0 Å². The first-order valence-corrected chi connectivity index (χ1v) is 4.70. The number of hydrazine groups is 1. The van der Waals surface area contributed by atoms with E-state index < -0.39 is 4.92 Å². The summed E-state index contributed by atoms with van der Waals surface area (Å²) >= 11 is 1.43. The molecule has 5 nitrogen and oxygen atoms in total. The number of nitrogens with one attached hydrogen (secondary N) is 1. The minimum atomic E-state index is -0.444. The normalized spacial score (nSPS) is 9.69. The van der Waals surface area contributed by atoms with Crippen molar-refractivity contribution in [3.8, 4) is 0 Å². The van der Waals surface area contributed by atoms with Gasteiger partial charge >= 0.3 is 0 Å². The Morgan fingerprint density at radius 1 is 1.54 bits per heavy atom. The van der Waals surface area contributed by atoms with E-state index in [4.69, 9.17) is 5.84 Å². The number of nitro groups is 1. The fourth-order valence-corrected chi connectivity index (χ4v) is 1.37. The zero-order valence-electron chi connectivity index (χ0n) is 6.98. The monoisotopic (exact) mass is 199 g/mol. The summed E-state index contributed by atoms with van der Waals surface area (Å²) in [6.07, 6.45) is 1.85. The number of nitrogens with two attached hydrogens (primary N) is 1. The van der Waals surface area contributed by atoms with Crippen LogP contribution >= 0.6 is 11.8 Å². The molecule has 0 aromatic heterocycles. The fourth-order valence-electron chi connectivity index (χ4n) is 0.890. The summed E-state index contributed by atoms with van der Waals surface area (Å²) in [5.41, 5.74) is 2.96. The van der Waals surface area contributed by atoms with Crippen LogP contribution < -0.4 is 11.3 Å². The van der Waals surface area contributed by atoms with Crippen LogP contribution in [0.2, 0.25) is 0 Å².